The Morgan fingerprint density at radius 2 is 1.89 bits per heavy atom. The molecule has 2 bridgehead atoms. The first-order valence-corrected chi connectivity index (χ1v) is 8.90. The number of pyridine rings is 1. The minimum absolute atomic E-state index is 0.00315. The third-order valence-corrected chi connectivity index (χ3v) is 5.14. The molecule has 27 heavy (non-hydrogen) atoms. The van der Waals surface area contributed by atoms with Gasteiger partial charge in [0, 0.05) is 18.3 Å². The van der Waals surface area contributed by atoms with Crippen LogP contribution in [0.15, 0.2) is 36.5 Å². The highest BCUT2D eigenvalue weighted by Crippen LogP contribution is 2.39. The molecule has 0 radical (unpaired) electrons. The summed E-state index contributed by atoms with van der Waals surface area (Å²) in [5.41, 5.74) is -0.537. The fourth-order valence-corrected chi connectivity index (χ4v) is 4.01. The van der Waals surface area contributed by atoms with Crippen molar-refractivity contribution in [2.45, 2.75) is 50.0 Å². The van der Waals surface area contributed by atoms with Crippen LogP contribution in [0.3, 0.4) is 0 Å². The van der Waals surface area contributed by atoms with E-state index in [-0.39, 0.29) is 23.0 Å². The van der Waals surface area contributed by atoms with Gasteiger partial charge in [-0.25, -0.2) is 4.85 Å². The molecule has 2 fully saturated rings. The van der Waals surface area contributed by atoms with Gasteiger partial charge < -0.3 is 10.1 Å². The molecule has 0 aliphatic carbocycles. The maximum atomic E-state index is 13.3. The molecular weight excluding hydrogens is 355 g/mol. The smallest absolute Gasteiger partial charge is 0.418 e. The van der Waals surface area contributed by atoms with E-state index >= 15 is 0 Å². The summed E-state index contributed by atoms with van der Waals surface area (Å²) in [7, 11) is 0. The lowest BCUT2D eigenvalue weighted by molar-refractivity contribution is -0.137. The molecule has 2 aliphatic rings. The van der Waals surface area contributed by atoms with Crippen LogP contribution in [0.1, 0.15) is 31.2 Å². The number of hydrogen-bond donors (Lipinski definition) is 1. The van der Waals surface area contributed by atoms with Crippen molar-refractivity contribution in [3.05, 3.63) is 53.5 Å². The van der Waals surface area contributed by atoms with Crippen molar-refractivity contribution in [2.24, 2.45) is 0 Å². The second-order valence-corrected chi connectivity index (χ2v) is 7.07. The lowest BCUT2D eigenvalue weighted by Gasteiger charge is -2.29. The first-order valence-electron chi connectivity index (χ1n) is 8.90. The SMILES string of the molecule is [C-]#[N+]c1cc(OC2C[C@H]3CC[C@@H](C2)N3)cc(-c2ncccc2C(F)(F)F)c1. The van der Waals surface area contributed by atoms with E-state index in [4.69, 9.17) is 11.3 Å². The summed E-state index contributed by atoms with van der Waals surface area (Å²) in [6, 6.07) is 7.68. The van der Waals surface area contributed by atoms with Crippen LogP contribution in [0.5, 0.6) is 5.75 Å². The molecule has 0 spiro atoms. The number of rotatable bonds is 3. The van der Waals surface area contributed by atoms with E-state index < -0.39 is 11.7 Å². The normalized spacial score (nSPS) is 24.4. The number of benzene rings is 1. The monoisotopic (exact) mass is 373 g/mol. The van der Waals surface area contributed by atoms with Gasteiger partial charge in [-0.3, -0.25) is 4.98 Å². The van der Waals surface area contributed by atoms with Crippen LogP contribution in [-0.4, -0.2) is 23.2 Å². The predicted octanol–water partition coefficient (Wildman–Crippen LogP) is 4.98. The quantitative estimate of drug-likeness (QED) is 0.771. The maximum absolute atomic E-state index is 13.3. The maximum Gasteiger partial charge on any atom is 0.418 e. The number of nitrogens with one attached hydrogen (secondary N) is 1. The molecule has 4 rings (SSSR count). The molecule has 2 saturated heterocycles. The highest BCUT2D eigenvalue weighted by Gasteiger charge is 2.36. The van der Waals surface area contributed by atoms with E-state index in [0.717, 1.165) is 31.7 Å². The molecule has 7 heteroatoms. The Morgan fingerprint density at radius 3 is 2.56 bits per heavy atom. The van der Waals surface area contributed by atoms with Gasteiger partial charge in [-0.1, -0.05) is 0 Å². The minimum atomic E-state index is -4.52. The van der Waals surface area contributed by atoms with Crippen molar-refractivity contribution >= 4 is 5.69 Å². The van der Waals surface area contributed by atoms with Crippen molar-refractivity contribution < 1.29 is 17.9 Å². The second kappa shape index (κ2) is 6.86. The third kappa shape index (κ3) is 3.76. The number of hydrogen-bond acceptors (Lipinski definition) is 3. The summed E-state index contributed by atoms with van der Waals surface area (Å²) < 4.78 is 46.1. The number of piperidine rings is 1. The fourth-order valence-electron chi connectivity index (χ4n) is 4.01. The second-order valence-electron chi connectivity index (χ2n) is 7.07. The lowest BCUT2D eigenvalue weighted by atomic mass is 10.0. The fraction of sp³-hybridized carbons (Fsp3) is 0.400. The molecule has 2 aliphatic heterocycles. The summed E-state index contributed by atoms with van der Waals surface area (Å²) in [6.07, 6.45) is 0.786. The molecule has 2 aromatic rings. The van der Waals surface area contributed by atoms with E-state index in [0.29, 0.717) is 17.8 Å². The Bertz CT molecular complexity index is 879. The van der Waals surface area contributed by atoms with E-state index in [1.807, 2.05) is 0 Å². The van der Waals surface area contributed by atoms with Crippen molar-refractivity contribution in [1.29, 1.82) is 0 Å². The molecule has 3 atom stereocenters. The van der Waals surface area contributed by atoms with Gasteiger partial charge in [-0.2, -0.15) is 13.2 Å². The van der Waals surface area contributed by atoms with Gasteiger partial charge in [0.15, 0.2) is 5.69 Å². The summed E-state index contributed by atoms with van der Waals surface area (Å²) in [4.78, 5) is 7.32. The largest absolute Gasteiger partial charge is 0.492 e. The van der Waals surface area contributed by atoms with E-state index in [2.05, 4.69) is 15.1 Å². The van der Waals surface area contributed by atoms with Gasteiger partial charge in [-0.05, 0) is 61.6 Å². The van der Waals surface area contributed by atoms with Gasteiger partial charge in [0.2, 0.25) is 0 Å². The Labute approximate surface area is 155 Å². The Hall–Kier alpha value is -2.59. The first-order chi connectivity index (χ1) is 12.9. The standard InChI is InChI=1S/C20H18F3N3O/c1-24-15-7-12(19-18(20(21,22)23)3-2-6-25-19)8-16(11-15)27-17-9-13-4-5-14(10-17)26-13/h2-3,6-8,11,13-14,17,26H,4-5,9-10H2/t13-,14+,17?. The van der Waals surface area contributed by atoms with Crippen molar-refractivity contribution in [1.82, 2.24) is 10.3 Å². The average molecular weight is 373 g/mol. The zero-order chi connectivity index (χ0) is 19.0. The van der Waals surface area contributed by atoms with Crippen molar-refractivity contribution in [2.75, 3.05) is 0 Å². The van der Waals surface area contributed by atoms with Gasteiger partial charge >= 0.3 is 6.18 Å². The lowest BCUT2D eigenvalue weighted by Crippen LogP contribution is -2.42. The highest BCUT2D eigenvalue weighted by molar-refractivity contribution is 5.71. The van der Waals surface area contributed by atoms with Gasteiger partial charge in [0.05, 0.1) is 17.8 Å². The van der Waals surface area contributed by atoms with E-state index in [1.165, 1.54) is 18.3 Å². The van der Waals surface area contributed by atoms with Crippen LogP contribution in [-0.2, 0) is 6.18 Å². The predicted molar refractivity (Wildman–Crippen MR) is 94.5 cm³/mol. The number of fused-ring (bicyclic) bond motifs is 2. The zero-order valence-corrected chi connectivity index (χ0v) is 14.5. The summed E-state index contributed by atoms with van der Waals surface area (Å²) >= 11 is 0. The molecule has 1 aromatic heterocycles. The Balaban J connectivity index is 1.67. The summed E-state index contributed by atoms with van der Waals surface area (Å²) in [5.74, 6) is 0.420. The van der Waals surface area contributed by atoms with Crippen LogP contribution < -0.4 is 10.1 Å². The van der Waals surface area contributed by atoms with Crippen LogP contribution in [0.4, 0.5) is 18.9 Å². The molecule has 3 heterocycles. The summed E-state index contributed by atoms with van der Waals surface area (Å²) in [5, 5.41) is 3.53. The number of halogens is 3. The third-order valence-electron chi connectivity index (χ3n) is 5.14. The van der Waals surface area contributed by atoms with Crippen LogP contribution >= 0.6 is 0 Å². The molecule has 140 valence electrons. The highest BCUT2D eigenvalue weighted by atomic mass is 19.4. The van der Waals surface area contributed by atoms with E-state index in [9.17, 15) is 13.2 Å². The first kappa shape index (κ1) is 17.8. The van der Waals surface area contributed by atoms with Crippen LogP contribution in [0.2, 0.25) is 0 Å². The molecule has 4 nitrogen and oxygen atoms in total. The Kier molecular flexibility index (Phi) is 4.52. The van der Waals surface area contributed by atoms with Gasteiger partial charge in [0.1, 0.15) is 11.9 Å². The number of aromatic nitrogens is 1. The molecule has 1 unspecified atom stereocenters. The molecular formula is C20H18F3N3O. The molecule has 1 N–H and O–H groups in total. The average Bonchev–Trinajstić information content (AvgIpc) is 2.99. The summed E-state index contributed by atoms with van der Waals surface area (Å²) in [6.45, 7) is 7.29. The number of ether oxygens (including phenoxy) is 1. The van der Waals surface area contributed by atoms with Crippen LogP contribution in [0.25, 0.3) is 16.1 Å². The topological polar surface area (TPSA) is 38.5 Å². The van der Waals surface area contributed by atoms with Crippen molar-refractivity contribution in [3.63, 3.8) is 0 Å². The Morgan fingerprint density at radius 1 is 1.15 bits per heavy atom. The molecule has 1 aromatic carbocycles. The van der Waals surface area contributed by atoms with E-state index in [1.54, 1.807) is 12.1 Å². The minimum Gasteiger partial charge on any atom is -0.492 e. The van der Waals surface area contributed by atoms with Crippen molar-refractivity contribution in [3.8, 4) is 17.0 Å². The van der Waals surface area contributed by atoms with Crippen LogP contribution in [0, 0.1) is 6.57 Å². The molecule has 0 amide bonds. The molecule has 0 saturated carbocycles. The number of nitrogens with zero attached hydrogens (tertiary/aromatic N) is 2. The zero-order valence-electron chi connectivity index (χ0n) is 14.5. The number of alkyl halides is 3. The van der Waals surface area contributed by atoms with Gasteiger partial charge in [0.25, 0.3) is 0 Å². The van der Waals surface area contributed by atoms with Gasteiger partial charge in [-0.15, -0.1) is 0 Å².